The molecule has 3 aromatic rings. The number of unbranched alkanes of at least 4 members (excludes halogenated alkanes) is 1. The van der Waals surface area contributed by atoms with Crippen molar-refractivity contribution >= 4 is 28.3 Å². The van der Waals surface area contributed by atoms with Crippen molar-refractivity contribution in [3.8, 4) is 5.75 Å². The fourth-order valence-corrected chi connectivity index (χ4v) is 5.30. The van der Waals surface area contributed by atoms with Crippen molar-refractivity contribution in [3.63, 3.8) is 0 Å². The van der Waals surface area contributed by atoms with Crippen LogP contribution in [0.25, 0.3) is 0 Å². The van der Waals surface area contributed by atoms with Crippen LogP contribution in [0.4, 0.5) is 10.8 Å². The number of hydrogen-bond donors (Lipinski definition) is 0. The number of piperazine rings is 1. The highest BCUT2D eigenvalue weighted by atomic mass is 32.1. The van der Waals surface area contributed by atoms with E-state index in [0.717, 1.165) is 74.4 Å². The molecule has 0 unspecified atom stereocenters. The Bertz CT molecular complexity index is 1130. The van der Waals surface area contributed by atoms with E-state index in [2.05, 4.69) is 58.4 Å². The number of para-hydroxylation sites is 2. The number of benzene rings is 2. The highest BCUT2D eigenvalue weighted by Gasteiger charge is 2.24. The first-order valence-electron chi connectivity index (χ1n) is 13.4. The molecule has 7 nitrogen and oxygen atoms in total. The molecule has 198 valence electrons. The molecule has 8 heteroatoms. The van der Waals surface area contributed by atoms with Gasteiger partial charge in [0.15, 0.2) is 0 Å². The molecule has 0 N–H and O–H groups in total. The third-order valence-electron chi connectivity index (χ3n) is 6.73. The molecular formula is C29H39N5O2S. The lowest BCUT2D eigenvalue weighted by Crippen LogP contribution is -2.49. The second-order valence-electron chi connectivity index (χ2n) is 9.51. The number of hydrogen-bond acceptors (Lipinski definition) is 7. The van der Waals surface area contributed by atoms with Gasteiger partial charge in [0.25, 0.3) is 0 Å². The van der Waals surface area contributed by atoms with Crippen LogP contribution in [0.15, 0.2) is 48.5 Å². The number of carbonyl (C=O) groups excluding carboxylic acids is 1. The van der Waals surface area contributed by atoms with Gasteiger partial charge in [-0.05, 0) is 38.0 Å². The predicted octanol–water partition coefficient (Wildman–Crippen LogP) is 5.18. The van der Waals surface area contributed by atoms with E-state index < -0.39 is 0 Å². The van der Waals surface area contributed by atoms with Crippen LogP contribution in [-0.4, -0.2) is 66.0 Å². The van der Waals surface area contributed by atoms with Crippen molar-refractivity contribution in [2.24, 2.45) is 0 Å². The number of carbonyl (C=O) groups is 1. The topological polar surface area (TPSA) is 61.8 Å². The van der Waals surface area contributed by atoms with E-state index in [1.54, 1.807) is 0 Å². The number of aryl methyl sites for hydroxylation is 1. The van der Waals surface area contributed by atoms with Gasteiger partial charge in [-0.1, -0.05) is 55.3 Å². The Morgan fingerprint density at radius 1 is 1.03 bits per heavy atom. The number of rotatable bonds is 12. The first-order valence-corrected chi connectivity index (χ1v) is 14.2. The zero-order valence-electron chi connectivity index (χ0n) is 22.4. The molecule has 0 aliphatic carbocycles. The van der Waals surface area contributed by atoms with Gasteiger partial charge in [-0.25, -0.2) is 4.98 Å². The van der Waals surface area contributed by atoms with Crippen molar-refractivity contribution in [1.29, 1.82) is 0 Å². The van der Waals surface area contributed by atoms with Gasteiger partial charge in [0.05, 0.1) is 12.3 Å². The summed E-state index contributed by atoms with van der Waals surface area (Å²) in [6.45, 7) is 11.6. The number of anilines is 2. The molecule has 1 aromatic heterocycles. The van der Waals surface area contributed by atoms with Crippen molar-refractivity contribution in [1.82, 2.24) is 14.3 Å². The van der Waals surface area contributed by atoms with Gasteiger partial charge in [-0.2, -0.15) is 4.37 Å². The largest absolute Gasteiger partial charge is 0.492 e. The zero-order chi connectivity index (χ0) is 26.0. The van der Waals surface area contributed by atoms with Gasteiger partial charge in [0, 0.05) is 63.6 Å². The maximum absolute atomic E-state index is 13.1. The van der Waals surface area contributed by atoms with Gasteiger partial charge in [-0.3, -0.25) is 4.79 Å². The lowest BCUT2D eigenvalue weighted by molar-refractivity contribution is -0.131. The summed E-state index contributed by atoms with van der Waals surface area (Å²) in [7, 11) is 0. The lowest BCUT2D eigenvalue weighted by atomic mass is 10.1. The fourth-order valence-electron chi connectivity index (χ4n) is 4.57. The maximum Gasteiger partial charge on any atom is 0.224 e. The summed E-state index contributed by atoms with van der Waals surface area (Å²) in [6.07, 6.45) is 3.39. The number of nitrogens with zero attached hydrogens (tertiary/aromatic N) is 5. The zero-order valence-corrected chi connectivity index (χ0v) is 23.2. The molecule has 2 aromatic carbocycles. The molecule has 4 rings (SSSR count). The van der Waals surface area contributed by atoms with Crippen molar-refractivity contribution in [2.45, 2.75) is 46.5 Å². The highest BCUT2D eigenvalue weighted by Crippen LogP contribution is 2.29. The van der Waals surface area contributed by atoms with Crippen LogP contribution < -0.4 is 14.5 Å². The van der Waals surface area contributed by atoms with Crippen LogP contribution in [0.5, 0.6) is 5.75 Å². The van der Waals surface area contributed by atoms with E-state index in [1.807, 2.05) is 30.0 Å². The first kappa shape index (κ1) is 26.9. The van der Waals surface area contributed by atoms with Crippen LogP contribution in [0, 0.1) is 6.92 Å². The third kappa shape index (κ3) is 7.44. The summed E-state index contributed by atoms with van der Waals surface area (Å²) in [6, 6.07) is 16.7. The van der Waals surface area contributed by atoms with Gasteiger partial charge in [0.2, 0.25) is 11.0 Å². The molecule has 1 aliphatic rings. The van der Waals surface area contributed by atoms with Crippen LogP contribution in [0.3, 0.4) is 0 Å². The van der Waals surface area contributed by atoms with Gasteiger partial charge in [0.1, 0.15) is 11.6 Å². The van der Waals surface area contributed by atoms with E-state index in [9.17, 15) is 4.79 Å². The number of ether oxygens (including phenoxy) is 1. The molecule has 1 fully saturated rings. The molecule has 1 saturated heterocycles. The summed E-state index contributed by atoms with van der Waals surface area (Å²) in [5.74, 6) is 1.97. The Morgan fingerprint density at radius 3 is 2.51 bits per heavy atom. The molecule has 1 aliphatic heterocycles. The normalized spacial score (nSPS) is 13.6. The summed E-state index contributed by atoms with van der Waals surface area (Å²) in [5, 5.41) is 0.917. The van der Waals surface area contributed by atoms with Crippen LogP contribution in [-0.2, 0) is 11.2 Å². The predicted molar refractivity (Wildman–Crippen MR) is 152 cm³/mol. The Morgan fingerprint density at radius 2 is 1.78 bits per heavy atom. The average molecular weight is 522 g/mol. The maximum atomic E-state index is 13.1. The SMILES string of the molecule is CCCCN(CCC(=O)N1CCN(c2ccccc2OCC)CC1)c1nc(Cc2ccc(C)cc2)ns1. The molecule has 0 atom stereocenters. The highest BCUT2D eigenvalue weighted by molar-refractivity contribution is 7.09. The summed E-state index contributed by atoms with van der Waals surface area (Å²) in [5.41, 5.74) is 3.58. The third-order valence-corrected chi connectivity index (χ3v) is 7.54. The van der Waals surface area contributed by atoms with Crippen molar-refractivity contribution < 1.29 is 9.53 Å². The Hall–Kier alpha value is -3.13. The minimum Gasteiger partial charge on any atom is -0.492 e. The van der Waals surface area contributed by atoms with Gasteiger partial charge in [-0.15, -0.1) is 0 Å². The lowest BCUT2D eigenvalue weighted by Gasteiger charge is -2.37. The Balaban J connectivity index is 1.31. The number of aromatic nitrogens is 2. The van der Waals surface area contributed by atoms with E-state index >= 15 is 0 Å². The van der Waals surface area contributed by atoms with Gasteiger partial charge >= 0.3 is 0 Å². The van der Waals surface area contributed by atoms with Crippen LogP contribution >= 0.6 is 11.5 Å². The van der Waals surface area contributed by atoms with Crippen molar-refractivity contribution in [2.75, 3.05) is 55.7 Å². The summed E-state index contributed by atoms with van der Waals surface area (Å²) < 4.78 is 10.4. The molecular weight excluding hydrogens is 482 g/mol. The standard InChI is InChI=1S/C29H39N5O2S/c1-4-6-16-34(29-30-27(31-37-29)22-24-13-11-23(3)12-14-24)17-15-28(35)33-20-18-32(19-21-33)25-9-7-8-10-26(25)36-5-2/h7-14H,4-6,15-22H2,1-3H3. The van der Waals surface area contributed by atoms with E-state index in [4.69, 9.17) is 9.72 Å². The smallest absolute Gasteiger partial charge is 0.224 e. The Labute approximate surface area is 225 Å². The Kier molecular flexibility index (Phi) is 9.77. The summed E-state index contributed by atoms with van der Waals surface area (Å²) in [4.78, 5) is 24.5. The minimum atomic E-state index is 0.212. The van der Waals surface area contributed by atoms with E-state index in [1.165, 1.54) is 22.7 Å². The second-order valence-corrected chi connectivity index (χ2v) is 10.2. The monoisotopic (exact) mass is 521 g/mol. The number of amides is 1. The second kappa shape index (κ2) is 13.4. The van der Waals surface area contributed by atoms with Crippen LogP contribution in [0.2, 0.25) is 0 Å². The molecule has 0 radical (unpaired) electrons. The average Bonchev–Trinajstić information content (AvgIpc) is 3.39. The summed E-state index contributed by atoms with van der Waals surface area (Å²) >= 11 is 1.44. The van der Waals surface area contributed by atoms with Gasteiger partial charge < -0.3 is 19.4 Å². The molecule has 37 heavy (non-hydrogen) atoms. The van der Waals surface area contributed by atoms with E-state index in [-0.39, 0.29) is 5.91 Å². The first-order chi connectivity index (χ1) is 18.1. The van der Waals surface area contributed by atoms with Crippen molar-refractivity contribution in [3.05, 3.63) is 65.5 Å². The molecule has 2 heterocycles. The fraction of sp³-hybridized carbons (Fsp3) is 0.483. The molecule has 0 saturated carbocycles. The molecule has 0 spiro atoms. The van der Waals surface area contributed by atoms with E-state index in [0.29, 0.717) is 19.6 Å². The minimum absolute atomic E-state index is 0.212. The van der Waals surface area contributed by atoms with Crippen LogP contribution in [0.1, 0.15) is 50.1 Å². The molecule has 0 bridgehead atoms. The quantitative estimate of drug-likeness (QED) is 0.327. The molecule has 1 amide bonds.